The van der Waals surface area contributed by atoms with Crippen molar-refractivity contribution in [2.24, 2.45) is 0 Å². The van der Waals surface area contributed by atoms with Gasteiger partial charge in [0.2, 0.25) is 0 Å². The van der Waals surface area contributed by atoms with Crippen LogP contribution in [-0.4, -0.2) is 30.6 Å². The van der Waals surface area contributed by atoms with Gasteiger partial charge < -0.3 is 9.64 Å². The maximum Gasteiger partial charge on any atom is 0.354 e. The lowest BCUT2D eigenvalue weighted by atomic mass is 10.1. The lowest BCUT2D eigenvalue weighted by Gasteiger charge is -2.29. The normalized spacial score (nSPS) is 18.1. The van der Waals surface area contributed by atoms with Gasteiger partial charge in [0, 0.05) is 13.1 Å². The zero-order valence-electron chi connectivity index (χ0n) is 9.08. The molecule has 1 aliphatic heterocycles. The second kappa shape index (κ2) is 5.68. The predicted molar refractivity (Wildman–Crippen MR) is 55.8 cm³/mol. The molecule has 0 spiro atoms. The van der Waals surface area contributed by atoms with Crippen molar-refractivity contribution in [3.05, 3.63) is 11.8 Å². The third-order valence-electron chi connectivity index (χ3n) is 2.45. The summed E-state index contributed by atoms with van der Waals surface area (Å²) < 4.78 is 5.00. The van der Waals surface area contributed by atoms with Gasteiger partial charge >= 0.3 is 5.97 Å². The van der Waals surface area contributed by atoms with E-state index in [1.54, 1.807) is 0 Å². The van der Waals surface area contributed by atoms with E-state index in [0.29, 0.717) is 6.61 Å². The topological polar surface area (TPSA) is 29.5 Å². The Labute approximate surface area is 85.7 Å². The molecule has 1 saturated heterocycles. The smallest absolute Gasteiger partial charge is 0.354 e. The van der Waals surface area contributed by atoms with E-state index >= 15 is 0 Å². The molecule has 0 aromatic heterocycles. The lowest BCUT2D eigenvalue weighted by molar-refractivity contribution is -0.140. The zero-order valence-corrected chi connectivity index (χ0v) is 9.08. The van der Waals surface area contributed by atoms with Gasteiger partial charge in [-0.2, -0.15) is 0 Å². The molecule has 0 radical (unpaired) electrons. The first-order chi connectivity index (χ1) is 6.79. The second-order valence-electron chi connectivity index (χ2n) is 3.44. The average molecular weight is 197 g/mol. The van der Waals surface area contributed by atoms with Gasteiger partial charge in [-0.25, -0.2) is 4.79 Å². The number of carbonyl (C=O) groups excluding carboxylic acids is 1. The molecule has 1 fully saturated rings. The van der Waals surface area contributed by atoms with E-state index in [2.05, 4.69) is 4.90 Å². The van der Waals surface area contributed by atoms with Gasteiger partial charge in [0.25, 0.3) is 0 Å². The van der Waals surface area contributed by atoms with Crippen LogP contribution < -0.4 is 0 Å². The molecule has 0 aliphatic carbocycles. The van der Waals surface area contributed by atoms with Gasteiger partial charge in [-0.3, -0.25) is 0 Å². The standard InChI is InChI=1S/C11H19NO2/c1-3-10(11(13)14-4-2)12-8-6-5-7-9-12/h3H,4-9H2,1-2H3. The van der Waals surface area contributed by atoms with Crippen LogP contribution in [0.15, 0.2) is 11.8 Å². The van der Waals surface area contributed by atoms with Gasteiger partial charge in [0.1, 0.15) is 5.70 Å². The minimum Gasteiger partial charge on any atom is -0.461 e. The molecule has 3 nitrogen and oxygen atoms in total. The first kappa shape index (κ1) is 11.1. The Morgan fingerprint density at radius 2 is 2.00 bits per heavy atom. The third-order valence-corrected chi connectivity index (χ3v) is 2.45. The van der Waals surface area contributed by atoms with Gasteiger partial charge in [-0.05, 0) is 33.1 Å². The van der Waals surface area contributed by atoms with E-state index in [1.165, 1.54) is 19.3 Å². The van der Waals surface area contributed by atoms with Crippen LogP contribution in [-0.2, 0) is 9.53 Å². The molecule has 0 amide bonds. The number of esters is 1. The molecule has 0 aromatic rings. The van der Waals surface area contributed by atoms with E-state index in [-0.39, 0.29) is 5.97 Å². The Morgan fingerprint density at radius 3 is 2.50 bits per heavy atom. The van der Waals surface area contributed by atoms with Crippen LogP contribution in [0.5, 0.6) is 0 Å². The van der Waals surface area contributed by atoms with E-state index < -0.39 is 0 Å². The second-order valence-corrected chi connectivity index (χ2v) is 3.44. The number of allylic oxidation sites excluding steroid dienone is 1. The number of hydrogen-bond acceptors (Lipinski definition) is 3. The largest absolute Gasteiger partial charge is 0.461 e. The highest BCUT2D eigenvalue weighted by Gasteiger charge is 2.19. The van der Waals surface area contributed by atoms with E-state index in [0.717, 1.165) is 18.8 Å². The van der Waals surface area contributed by atoms with Crippen molar-refractivity contribution in [1.29, 1.82) is 0 Å². The summed E-state index contributed by atoms with van der Waals surface area (Å²) >= 11 is 0. The van der Waals surface area contributed by atoms with Crippen LogP contribution in [0.25, 0.3) is 0 Å². The molecule has 1 rings (SSSR count). The van der Waals surface area contributed by atoms with Crippen LogP contribution in [0, 0.1) is 0 Å². The molecular weight excluding hydrogens is 178 g/mol. The number of likely N-dealkylation sites (tertiary alicyclic amines) is 1. The van der Waals surface area contributed by atoms with E-state index in [4.69, 9.17) is 4.74 Å². The van der Waals surface area contributed by atoms with E-state index in [9.17, 15) is 4.79 Å². The zero-order chi connectivity index (χ0) is 10.4. The Morgan fingerprint density at radius 1 is 1.36 bits per heavy atom. The highest BCUT2D eigenvalue weighted by atomic mass is 16.5. The number of hydrogen-bond donors (Lipinski definition) is 0. The van der Waals surface area contributed by atoms with Crippen molar-refractivity contribution in [1.82, 2.24) is 4.90 Å². The molecule has 0 aromatic carbocycles. The summed E-state index contributed by atoms with van der Waals surface area (Å²) in [5, 5.41) is 0. The highest BCUT2D eigenvalue weighted by Crippen LogP contribution is 2.15. The first-order valence-electron chi connectivity index (χ1n) is 5.38. The Hall–Kier alpha value is -0.990. The molecule has 0 unspecified atom stereocenters. The quantitative estimate of drug-likeness (QED) is 0.511. The number of rotatable bonds is 3. The van der Waals surface area contributed by atoms with Crippen molar-refractivity contribution in [3.8, 4) is 0 Å². The summed E-state index contributed by atoms with van der Waals surface area (Å²) in [5.74, 6) is -0.183. The van der Waals surface area contributed by atoms with Crippen LogP contribution in [0.3, 0.4) is 0 Å². The summed E-state index contributed by atoms with van der Waals surface area (Å²) in [6.45, 7) is 6.14. The molecule has 80 valence electrons. The fourth-order valence-electron chi connectivity index (χ4n) is 1.77. The average Bonchev–Trinajstić information content (AvgIpc) is 2.21. The van der Waals surface area contributed by atoms with Crippen molar-refractivity contribution < 1.29 is 9.53 Å². The number of nitrogens with zero attached hydrogens (tertiary/aromatic N) is 1. The molecule has 1 aliphatic rings. The molecule has 1 heterocycles. The fraction of sp³-hybridized carbons (Fsp3) is 0.727. The Kier molecular flexibility index (Phi) is 4.50. The van der Waals surface area contributed by atoms with Gasteiger partial charge in [0.15, 0.2) is 0 Å². The minimum atomic E-state index is -0.183. The first-order valence-corrected chi connectivity index (χ1v) is 5.38. The molecule has 0 atom stereocenters. The van der Waals surface area contributed by atoms with Crippen LogP contribution in [0.2, 0.25) is 0 Å². The lowest BCUT2D eigenvalue weighted by Crippen LogP contribution is -2.33. The summed E-state index contributed by atoms with van der Waals surface area (Å²) in [4.78, 5) is 13.7. The van der Waals surface area contributed by atoms with Crippen LogP contribution in [0.1, 0.15) is 33.1 Å². The van der Waals surface area contributed by atoms with Crippen molar-refractivity contribution in [3.63, 3.8) is 0 Å². The fourth-order valence-corrected chi connectivity index (χ4v) is 1.77. The Bertz CT molecular complexity index is 217. The maximum absolute atomic E-state index is 11.5. The molecule has 0 saturated carbocycles. The summed E-state index contributed by atoms with van der Waals surface area (Å²) in [5.41, 5.74) is 0.728. The molecular formula is C11H19NO2. The van der Waals surface area contributed by atoms with Crippen LogP contribution in [0.4, 0.5) is 0 Å². The SMILES string of the molecule is CC=C(C(=O)OCC)N1CCCCC1. The minimum absolute atomic E-state index is 0.183. The predicted octanol–water partition coefficient (Wildman–Crippen LogP) is 1.94. The van der Waals surface area contributed by atoms with Crippen molar-refractivity contribution in [2.75, 3.05) is 19.7 Å². The third kappa shape index (κ3) is 2.76. The van der Waals surface area contributed by atoms with Gasteiger partial charge in [-0.15, -0.1) is 0 Å². The Balaban J connectivity index is 2.56. The number of ether oxygens (including phenoxy) is 1. The molecule has 0 N–H and O–H groups in total. The number of piperidine rings is 1. The monoisotopic (exact) mass is 197 g/mol. The molecule has 3 heteroatoms. The van der Waals surface area contributed by atoms with Gasteiger partial charge in [-0.1, -0.05) is 6.08 Å². The number of carbonyl (C=O) groups is 1. The van der Waals surface area contributed by atoms with Crippen LogP contribution >= 0.6 is 0 Å². The molecule has 14 heavy (non-hydrogen) atoms. The summed E-state index contributed by atoms with van der Waals surface area (Å²) in [7, 11) is 0. The summed E-state index contributed by atoms with van der Waals surface area (Å²) in [6, 6.07) is 0. The van der Waals surface area contributed by atoms with Gasteiger partial charge in [0.05, 0.1) is 6.61 Å². The highest BCUT2D eigenvalue weighted by molar-refractivity contribution is 5.87. The van der Waals surface area contributed by atoms with E-state index in [1.807, 2.05) is 19.9 Å². The maximum atomic E-state index is 11.5. The molecule has 0 bridgehead atoms. The van der Waals surface area contributed by atoms with Crippen molar-refractivity contribution >= 4 is 5.97 Å². The van der Waals surface area contributed by atoms with Crippen molar-refractivity contribution in [2.45, 2.75) is 33.1 Å². The summed E-state index contributed by atoms with van der Waals surface area (Å²) in [6.07, 6.45) is 5.48.